The lowest BCUT2D eigenvalue weighted by atomic mass is 9.95. The van der Waals surface area contributed by atoms with E-state index >= 15 is 0 Å². The van der Waals surface area contributed by atoms with Crippen molar-refractivity contribution in [2.75, 3.05) is 13.1 Å². The molecule has 1 aromatic carbocycles. The summed E-state index contributed by atoms with van der Waals surface area (Å²) >= 11 is 0. The fourth-order valence-electron chi connectivity index (χ4n) is 2.66. The van der Waals surface area contributed by atoms with Crippen LogP contribution in [-0.4, -0.2) is 30.5 Å². The SMILES string of the molecule is O=S(=O)(c1ccccc1)n1ccc2cc(C3CNC3)cnc21. The van der Waals surface area contributed by atoms with Gasteiger partial charge in [0.15, 0.2) is 5.65 Å². The molecule has 0 radical (unpaired) electrons. The molecule has 0 amide bonds. The van der Waals surface area contributed by atoms with E-state index in [1.165, 1.54) is 3.97 Å². The highest BCUT2D eigenvalue weighted by molar-refractivity contribution is 7.90. The largest absolute Gasteiger partial charge is 0.315 e. The van der Waals surface area contributed by atoms with Crippen molar-refractivity contribution in [3.05, 3.63) is 60.4 Å². The van der Waals surface area contributed by atoms with Gasteiger partial charge in [-0.25, -0.2) is 17.4 Å². The molecule has 0 saturated carbocycles. The smallest absolute Gasteiger partial charge is 0.269 e. The molecule has 4 rings (SSSR count). The van der Waals surface area contributed by atoms with Gasteiger partial charge in [-0.15, -0.1) is 0 Å². The minimum absolute atomic E-state index is 0.265. The van der Waals surface area contributed by atoms with Crippen molar-refractivity contribution in [2.24, 2.45) is 0 Å². The van der Waals surface area contributed by atoms with Gasteiger partial charge in [0.1, 0.15) is 0 Å². The van der Waals surface area contributed by atoms with Gasteiger partial charge in [-0.1, -0.05) is 18.2 Å². The maximum absolute atomic E-state index is 12.7. The second-order valence-electron chi connectivity index (χ2n) is 5.47. The Bertz CT molecular complexity index is 928. The average Bonchev–Trinajstić information content (AvgIpc) is 2.90. The molecule has 6 heteroatoms. The Balaban J connectivity index is 1.82. The van der Waals surface area contributed by atoms with Crippen molar-refractivity contribution in [3.8, 4) is 0 Å². The van der Waals surface area contributed by atoms with E-state index in [9.17, 15) is 8.42 Å². The van der Waals surface area contributed by atoms with E-state index in [1.807, 2.05) is 6.07 Å². The van der Waals surface area contributed by atoms with Crippen molar-refractivity contribution in [1.82, 2.24) is 14.3 Å². The van der Waals surface area contributed by atoms with Crippen molar-refractivity contribution in [3.63, 3.8) is 0 Å². The lowest BCUT2D eigenvalue weighted by Gasteiger charge is -2.27. The molecule has 112 valence electrons. The summed E-state index contributed by atoms with van der Waals surface area (Å²) in [6, 6.07) is 12.2. The molecule has 3 aromatic rings. The maximum atomic E-state index is 12.7. The minimum atomic E-state index is -3.61. The van der Waals surface area contributed by atoms with Crippen LogP contribution in [0.4, 0.5) is 0 Å². The van der Waals surface area contributed by atoms with Crippen LogP contribution in [-0.2, 0) is 10.0 Å². The molecule has 1 fully saturated rings. The summed E-state index contributed by atoms with van der Waals surface area (Å²) in [5, 5.41) is 4.08. The molecule has 1 saturated heterocycles. The molecule has 1 aliphatic heterocycles. The van der Waals surface area contributed by atoms with Crippen LogP contribution in [0.3, 0.4) is 0 Å². The number of fused-ring (bicyclic) bond motifs is 1. The van der Waals surface area contributed by atoms with Crippen LogP contribution in [0.2, 0.25) is 0 Å². The van der Waals surface area contributed by atoms with Gasteiger partial charge in [0.25, 0.3) is 10.0 Å². The van der Waals surface area contributed by atoms with Gasteiger partial charge in [0.2, 0.25) is 0 Å². The molecule has 1 N–H and O–H groups in total. The molecule has 0 atom stereocenters. The summed E-state index contributed by atoms with van der Waals surface area (Å²) in [6.45, 7) is 1.91. The Hall–Kier alpha value is -2.18. The number of hydrogen-bond acceptors (Lipinski definition) is 4. The van der Waals surface area contributed by atoms with E-state index in [1.54, 1.807) is 48.8 Å². The first-order chi connectivity index (χ1) is 10.7. The van der Waals surface area contributed by atoms with Gasteiger partial charge in [-0.3, -0.25) is 0 Å². The molecule has 0 bridgehead atoms. The van der Waals surface area contributed by atoms with Gasteiger partial charge in [0, 0.05) is 36.8 Å². The number of pyridine rings is 1. The normalized spacial score (nSPS) is 15.8. The number of nitrogens with zero attached hydrogens (tertiary/aromatic N) is 2. The van der Waals surface area contributed by atoms with Gasteiger partial charge in [-0.2, -0.15) is 0 Å². The van der Waals surface area contributed by atoms with E-state index in [-0.39, 0.29) is 4.90 Å². The fraction of sp³-hybridized carbons (Fsp3) is 0.188. The lowest BCUT2D eigenvalue weighted by molar-refractivity contribution is 0.448. The molecule has 22 heavy (non-hydrogen) atoms. The van der Waals surface area contributed by atoms with Crippen LogP contribution in [0.1, 0.15) is 11.5 Å². The molecule has 5 nitrogen and oxygen atoms in total. The number of aromatic nitrogens is 2. The summed E-state index contributed by atoms with van der Waals surface area (Å²) in [6.07, 6.45) is 3.35. The second kappa shape index (κ2) is 4.93. The number of nitrogens with one attached hydrogen (secondary N) is 1. The van der Waals surface area contributed by atoms with Crippen LogP contribution < -0.4 is 5.32 Å². The maximum Gasteiger partial charge on any atom is 0.269 e. The predicted molar refractivity (Wildman–Crippen MR) is 84.4 cm³/mol. The third kappa shape index (κ3) is 2.03. The van der Waals surface area contributed by atoms with Gasteiger partial charge >= 0.3 is 0 Å². The van der Waals surface area contributed by atoms with Crippen LogP contribution in [0.15, 0.2) is 59.8 Å². The fourth-order valence-corrected chi connectivity index (χ4v) is 3.99. The zero-order valence-electron chi connectivity index (χ0n) is 11.8. The molecule has 1 aliphatic rings. The molecular weight excluding hydrogens is 298 g/mol. The molecule has 0 unspecified atom stereocenters. The van der Waals surface area contributed by atoms with Crippen LogP contribution in [0.25, 0.3) is 11.0 Å². The second-order valence-corrected chi connectivity index (χ2v) is 7.28. The quantitative estimate of drug-likeness (QED) is 0.803. The van der Waals surface area contributed by atoms with Crippen molar-refractivity contribution >= 4 is 21.1 Å². The van der Waals surface area contributed by atoms with Crippen molar-refractivity contribution in [1.29, 1.82) is 0 Å². The molecule has 0 aliphatic carbocycles. The first-order valence-corrected chi connectivity index (χ1v) is 8.58. The predicted octanol–water partition coefficient (Wildman–Crippen LogP) is 1.96. The summed E-state index contributed by atoms with van der Waals surface area (Å²) in [4.78, 5) is 4.66. The van der Waals surface area contributed by atoms with E-state index < -0.39 is 10.0 Å². The zero-order chi connectivity index (χ0) is 15.2. The summed E-state index contributed by atoms with van der Waals surface area (Å²) in [7, 11) is -3.61. The van der Waals surface area contributed by atoms with E-state index in [4.69, 9.17) is 0 Å². The molecular formula is C16H15N3O2S. The number of benzene rings is 1. The number of rotatable bonds is 3. The first-order valence-electron chi connectivity index (χ1n) is 7.14. The Morgan fingerprint density at radius 2 is 1.91 bits per heavy atom. The Kier molecular flexibility index (Phi) is 3.02. The standard InChI is InChI=1S/C16H15N3O2S/c20-22(21,15-4-2-1-3-5-15)19-7-6-12-8-13(11-18-16(12)19)14-9-17-10-14/h1-8,11,14,17H,9-10H2. The van der Waals surface area contributed by atoms with Gasteiger partial charge in [-0.05, 0) is 29.8 Å². The highest BCUT2D eigenvalue weighted by atomic mass is 32.2. The van der Waals surface area contributed by atoms with Gasteiger partial charge < -0.3 is 5.32 Å². The molecule has 2 aromatic heterocycles. The Labute approximate surface area is 128 Å². The van der Waals surface area contributed by atoms with Crippen molar-refractivity contribution < 1.29 is 8.42 Å². The molecule has 3 heterocycles. The zero-order valence-corrected chi connectivity index (χ0v) is 12.6. The van der Waals surface area contributed by atoms with Crippen molar-refractivity contribution in [2.45, 2.75) is 10.8 Å². The number of hydrogen-bond donors (Lipinski definition) is 1. The third-order valence-electron chi connectivity index (χ3n) is 4.07. The Morgan fingerprint density at radius 3 is 2.59 bits per heavy atom. The van der Waals surface area contributed by atoms with Crippen LogP contribution >= 0.6 is 0 Å². The Morgan fingerprint density at radius 1 is 1.14 bits per heavy atom. The minimum Gasteiger partial charge on any atom is -0.315 e. The third-order valence-corrected chi connectivity index (χ3v) is 5.75. The van der Waals surface area contributed by atoms with E-state index in [0.29, 0.717) is 11.6 Å². The highest BCUT2D eigenvalue weighted by Crippen LogP contribution is 2.25. The summed E-state index contributed by atoms with van der Waals surface area (Å²) < 4.78 is 26.7. The topological polar surface area (TPSA) is 64.0 Å². The summed E-state index contributed by atoms with van der Waals surface area (Å²) in [5.74, 6) is 0.478. The monoisotopic (exact) mass is 313 g/mol. The van der Waals surface area contributed by atoms with E-state index in [2.05, 4.69) is 10.3 Å². The van der Waals surface area contributed by atoms with E-state index in [0.717, 1.165) is 24.0 Å². The average molecular weight is 313 g/mol. The van der Waals surface area contributed by atoms with Crippen LogP contribution in [0.5, 0.6) is 0 Å². The summed E-state index contributed by atoms with van der Waals surface area (Å²) in [5.41, 5.74) is 1.63. The lowest BCUT2D eigenvalue weighted by Crippen LogP contribution is -2.39. The van der Waals surface area contributed by atoms with Crippen LogP contribution in [0, 0.1) is 0 Å². The van der Waals surface area contributed by atoms with Gasteiger partial charge in [0.05, 0.1) is 4.90 Å². The molecule has 0 spiro atoms. The highest BCUT2D eigenvalue weighted by Gasteiger charge is 2.22. The first kappa shape index (κ1) is 13.5.